The van der Waals surface area contributed by atoms with Crippen LogP contribution >= 0.6 is 0 Å². The number of pyridine rings is 1. The Kier molecular flexibility index (Phi) is 4.12. The molecule has 1 aromatic heterocycles. The largest absolute Gasteiger partial charge is 0.478 e. The fourth-order valence-corrected chi connectivity index (χ4v) is 2.40. The molecule has 0 aliphatic carbocycles. The van der Waals surface area contributed by atoms with E-state index in [1.54, 1.807) is 25.3 Å². The van der Waals surface area contributed by atoms with E-state index in [1.807, 2.05) is 0 Å². The highest BCUT2D eigenvalue weighted by molar-refractivity contribution is 5.95. The van der Waals surface area contributed by atoms with Gasteiger partial charge in [0.05, 0.1) is 11.8 Å². The zero-order chi connectivity index (χ0) is 18.2. The maximum absolute atomic E-state index is 13.1. The van der Waals surface area contributed by atoms with Crippen LogP contribution in [0, 0.1) is 6.92 Å². The number of carbonyl (C=O) groups is 1. The molecule has 1 aromatic carbocycles. The van der Waals surface area contributed by atoms with Crippen molar-refractivity contribution in [3.05, 3.63) is 53.4 Å². The van der Waals surface area contributed by atoms with E-state index in [0.29, 0.717) is 17.1 Å². The van der Waals surface area contributed by atoms with Crippen molar-refractivity contribution in [3.8, 4) is 17.2 Å². The van der Waals surface area contributed by atoms with Crippen molar-refractivity contribution in [1.82, 2.24) is 4.98 Å². The van der Waals surface area contributed by atoms with Gasteiger partial charge >= 0.3 is 12.1 Å². The summed E-state index contributed by atoms with van der Waals surface area (Å²) in [4.78, 5) is 15.0. The molecule has 1 N–H and O–H groups in total. The van der Waals surface area contributed by atoms with Gasteiger partial charge in [-0.25, -0.2) is 4.79 Å². The maximum atomic E-state index is 13.1. The number of nitrogens with zero attached hydrogens (tertiary/aromatic N) is 1. The lowest BCUT2D eigenvalue weighted by molar-refractivity contribution is -0.187. The van der Waals surface area contributed by atoms with E-state index in [1.165, 1.54) is 18.3 Å². The zero-order valence-electron chi connectivity index (χ0n) is 12.9. The molecular weight excluding hydrogens is 339 g/mol. The third kappa shape index (κ3) is 3.42. The molecule has 2 heterocycles. The van der Waals surface area contributed by atoms with Crippen LogP contribution in [-0.4, -0.2) is 28.3 Å². The van der Waals surface area contributed by atoms with E-state index < -0.39 is 23.8 Å². The molecule has 5 nitrogen and oxygen atoms in total. The fraction of sp³-hybridized carbons (Fsp3) is 0.176. The van der Waals surface area contributed by atoms with Gasteiger partial charge in [-0.2, -0.15) is 13.2 Å². The number of halogens is 3. The number of ether oxygens (including phenoxy) is 2. The van der Waals surface area contributed by atoms with E-state index in [4.69, 9.17) is 14.6 Å². The first-order chi connectivity index (χ1) is 11.8. The third-order valence-corrected chi connectivity index (χ3v) is 3.55. The van der Waals surface area contributed by atoms with Gasteiger partial charge in [0.15, 0.2) is 0 Å². The minimum Gasteiger partial charge on any atom is -0.478 e. The standard InChI is InChI=1S/C17H12F3NO4/c1-9-5-10-6-12(16(22)23)15(17(18,19)20)25-14(10)7-13(9)24-11-3-2-4-21-8-11/h2-8,15H,1H3,(H,22,23). The van der Waals surface area contributed by atoms with Crippen molar-refractivity contribution in [2.75, 3.05) is 0 Å². The molecule has 0 bridgehead atoms. The lowest BCUT2D eigenvalue weighted by Crippen LogP contribution is -2.40. The van der Waals surface area contributed by atoms with Crippen molar-refractivity contribution in [3.63, 3.8) is 0 Å². The highest BCUT2D eigenvalue weighted by atomic mass is 19.4. The number of rotatable bonds is 3. The van der Waals surface area contributed by atoms with Gasteiger partial charge in [-0.05, 0) is 36.8 Å². The van der Waals surface area contributed by atoms with Gasteiger partial charge in [0.1, 0.15) is 17.2 Å². The van der Waals surface area contributed by atoms with Crippen LogP contribution in [0.2, 0.25) is 0 Å². The second-order valence-corrected chi connectivity index (χ2v) is 5.39. The van der Waals surface area contributed by atoms with Crippen molar-refractivity contribution in [1.29, 1.82) is 0 Å². The number of hydrogen-bond acceptors (Lipinski definition) is 4. The molecule has 0 radical (unpaired) electrons. The topological polar surface area (TPSA) is 68.7 Å². The van der Waals surface area contributed by atoms with Crippen LogP contribution in [0.4, 0.5) is 13.2 Å². The highest BCUT2D eigenvalue weighted by Gasteiger charge is 2.48. The van der Waals surface area contributed by atoms with Crippen LogP contribution in [0.1, 0.15) is 11.1 Å². The third-order valence-electron chi connectivity index (χ3n) is 3.55. The summed E-state index contributed by atoms with van der Waals surface area (Å²) in [5.74, 6) is -1.08. The van der Waals surface area contributed by atoms with Crippen LogP contribution < -0.4 is 9.47 Å². The van der Waals surface area contributed by atoms with Crippen LogP contribution in [0.15, 0.2) is 42.2 Å². The minimum absolute atomic E-state index is 0.100. The van der Waals surface area contributed by atoms with Crippen LogP contribution in [0.3, 0.4) is 0 Å². The summed E-state index contributed by atoms with van der Waals surface area (Å²) in [5, 5.41) is 9.04. The number of alkyl halides is 3. The Hall–Kier alpha value is -3.03. The summed E-state index contributed by atoms with van der Waals surface area (Å²) in [6, 6.07) is 6.12. The molecule has 1 aliphatic rings. The molecule has 1 atom stereocenters. The van der Waals surface area contributed by atoms with Crippen LogP contribution in [-0.2, 0) is 4.79 Å². The van der Waals surface area contributed by atoms with E-state index in [9.17, 15) is 18.0 Å². The fourth-order valence-electron chi connectivity index (χ4n) is 2.40. The molecule has 0 amide bonds. The average Bonchev–Trinajstić information content (AvgIpc) is 2.54. The normalized spacial score (nSPS) is 16.5. The highest BCUT2D eigenvalue weighted by Crippen LogP contribution is 2.40. The quantitative estimate of drug-likeness (QED) is 0.906. The summed E-state index contributed by atoms with van der Waals surface area (Å²) in [6.45, 7) is 1.69. The number of aryl methyl sites for hydroxylation is 1. The number of benzene rings is 1. The van der Waals surface area contributed by atoms with Crippen molar-refractivity contribution in [2.24, 2.45) is 0 Å². The molecule has 0 spiro atoms. The number of hydrogen-bond donors (Lipinski definition) is 1. The maximum Gasteiger partial charge on any atom is 0.430 e. The Morgan fingerprint density at radius 3 is 2.72 bits per heavy atom. The molecule has 25 heavy (non-hydrogen) atoms. The number of aliphatic carboxylic acids is 1. The summed E-state index contributed by atoms with van der Waals surface area (Å²) in [7, 11) is 0. The molecule has 2 aromatic rings. The Labute approximate surface area is 140 Å². The predicted octanol–water partition coefficient (Wildman–Crippen LogP) is 3.97. The Morgan fingerprint density at radius 2 is 2.12 bits per heavy atom. The van der Waals surface area contributed by atoms with Crippen LogP contribution in [0.5, 0.6) is 17.2 Å². The number of fused-ring (bicyclic) bond motifs is 1. The monoisotopic (exact) mass is 351 g/mol. The van der Waals surface area contributed by atoms with Gasteiger partial charge in [0.25, 0.3) is 0 Å². The Balaban J connectivity index is 2.02. The molecule has 8 heteroatoms. The van der Waals surface area contributed by atoms with Crippen molar-refractivity contribution < 1.29 is 32.5 Å². The van der Waals surface area contributed by atoms with Gasteiger partial charge in [0.2, 0.25) is 6.10 Å². The number of carboxylic acids is 1. The average molecular weight is 351 g/mol. The summed E-state index contributed by atoms with van der Waals surface area (Å²) < 4.78 is 49.9. The molecule has 0 saturated carbocycles. The molecule has 3 rings (SSSR count). The molecular formula is C17H12F3NO4. The van der Waals surface area contributed by atoms with E-state index >= 15 is 0 Å². The minimum atomic E-state index is -4.85. The lowest BCUT2D eigenvalue weighted by atomic mass is 9.99. The second-order valence-electron chi connectivity index (χ2n) is 5.39. The van der Waals surface area contributed by atoms with Gasteiger partial charge < -0.3 is 14.6 Å². The van der Waals surface area contributed by atoms with Crippen molar-refractivity contribution in [2.45, 2.75) is 19.2 Å². The van der Waals surface area contributed by atoms with Gasteiger partial charge in [-0.15, -0.1) is 0 Å². The first-order valence-corrected chi connectivity index (χ1v) is 7.16. The first-order valence-electron chi connectivity index (χ1n) is 7.16. The molecule has 1 unspecified atom stereocenters. The predicted molar refractivity (Wildman–Crippen MR) is 81.6 cm³/mol. The molecule has 0 fully saturated rings. The molecule has 130 valence electrons. The lowest BCUT2D eigenvalue weighted by Gasteiger charge is -2.27. The summed E-state index contributed by atoms with van der Waals surface area (Å²) in [6.07, 6.45) is -3.40. The van der Waals surface area contributed by atoms with Gasteiger partial charge in [-0.1, -0.05) is 0 Å². The molecule has 1 aliphatic heterocycles. The van der Waals surface area contributed by atoms with E-state index in [2.05, 4.69) is 4.98 Å². The number of carboxylic acid groups (broad SMARTS) is 1. The SMILES string of the molecule is Cc1cc2c(cc1Oc1cccnc1)OC(C(F)(F)F)C(C(=O)O)=C2. The van der Waals surface area contributed by atoms with E-state index in [0.717, 1.165) is 6.08 Å². The second kappa shape index (κ2) is 6.12. The number of aromatic nitrogens is 1. The van der Waals surface area contributed by atoms with E-state index in [-0.39, 0.29) is 11.3 Å². The summed E-state index contributed by atoms with van der Waals surface area (Å²) >= 11 is 0. The Morgan fingerprint density at radius 1 is 1.36 bits per heavy atom. The zero-order valence-corrected chi connectivity index (χ0v) is 12.9. The first kappa shape index (κ1) is 16.8. The van der Waals surface area contributed by atoms with Crippen LogP contribution in [0.25, 0.3) is 6.08 Å². The summed E-state index contributed by atoms with van der Waals surface area (Å²) in [5.41, 5.74) is -0.00749. The van der Waals surface area contributed by atoms with Gasteiger partial charge in [0, 0.05) is 17.8 Å². The smallest absolute Gasteiger partial charge is 0.430 e. The van der Waals surface area contributed by atoms with Gasteiger partial charge in [-0.3, -0.25) is 4.98 Å². The van der Waals surface area contributed by atoms with Crippen molar-refractivity contribution >= 4 is 12.0 Å². The molecule has 0 saturated heterocycles. The Bertz CT molecular complexity index is 847.